The Kier molecular flexibility index (Phi) is 20.8. The zero-order chi connectivity index (χ0) is 50.8. The van der Waals surface area contributed by atoms with E-state index in [0.717, 1.165) is 16.7 Å². The fourth-order valence-electron chi connectivity index (χ4n) is 8.64. The van der Waals surface area contributed by atoms with Crippen LogP contribution in [-0.4, -0.2) is 123 Å². The van der Waals surface area contributed by atoms with Gasteiger partial charge in [0.25, 0.3) is 0 Å². The van der Waals surface area contributed by atoms with Crippen LogP contribution in [-0.2, 0) is 49.2 Å². The number of esters is 3. The molecule has 0 aliphatic carbocycles. The van der Waals surface area contributed by atoms with Gasteiger partial charge in [0.05, 0.1) is 36.4 Å². The van der Waals surface area contributed by atoms with Crippen LogP contribution in [0.5, 0.6) is 5.75 Å². The zero-order valence-corrected chi connectivity index (χ0v) is 42.3. The van der Waals surface area contributed by atoms with Gasteiger partial charge in [-0.1, -0.05) is 83.6 Å². The average Bonchev–Trinajstić information content (AvgIpc) is 3.27. The van der Waals surface area contributed by atoms with Crippen LogP contribution in [0.25, 0.3) is 0 Å². The number of allylic oxidation sites excluding steroid dienone is 4. The first-order chi connectivity index (χ1) is 31.9. The summed E-state index contributed by atoms with van der Waals surface area (Å²) in [7, 11) is 0. The lowest BCUT2D eigenvalue weighted by molar-refractivity contribution is -0.333. The standard InChI is InChI=1S/C53H78O15/c1-14-35-24-30(7)25-40(55)41(35)50(61)65-46-34(11)63-51(33(10)42(46)56)62-27-37-19-17-18-20-39(54)31(8)26-36(15-2)45(32(9)23-29(6)21-22-38(16-3)64-49(37)60)66-52-44(58)43(57)47(53(12,13)68-52)67-48(59)28(4)5/h17-19,21,23-26,28,33-34,36,38-39,42-47,51-52,54-58H,14-16,20,22,27H2,1-13H3/b18-17+,29-21+,31-26+,32-23+,37-19+. The summed E-state index contributed by atoms with van der Waals surface area (Å²) in [5.41, 5.74) is 2.67. The Hall–Kier alpha value is -4.19. The first-order valence-electron chi connectivity index (χ1n) is 24.1. The van der Waals surface area contributed by atoms with Crippen LogP contribution in [0.2, 0.25) is 0 Å². The summed E-state index contributed by atoms with van der Waals surface area (Å²) in [5, 5.41) is 56.0. The third-order valence-corrected chi connectivity index (χ3v) is 13.0. The van der Waals surface area contributed by atoms with Gasteiger partial charge in [0.2, 0.25) is 0 Å². The van der Waals surface area contributed by atoms with Crippen molar-refractivity contribution < 1.29 is 73.1 Å². The number of aliphatic hydroxyl groups excluding tert-OH is 4. The lowest BCUT2D eigenvalue weighted by Gasteiger charge is -2.47. The van der Waals surface area contributed by atoms with Crippen molar-refractivity contribution in [1.82, 2.24) is 0 Å². The molecular formula is C53H78O15. The van der Waals surface area contributed by atoms with Gasteiger partial charge in [-0.2, -0.15) is 0 Å². The molecule has 2 saturated heterocycles. The maximum absolute atomic E-state index is 13.9. The smallest absolute Gasteiger partial charge is 0.342 e. The lowest BCUT2D eigenvalue weighted by Crippen LogP contribution is -2.64. The highest BCUT2D eigenvalue weighted by molar-refractivity contribution is 5.94. The lowest BCUT2D eigenvalue weighted by atomic mass is 9.88. The van der Waals surface area contributed by atoms with Crippen LogP contribution < -0.4 is 0 Å². The van der Waals surface area contributed by atoms with E-state index in [0.29, 0.717) is 36.8 Å². The van der Waals surface area contributed by atoms with Gasteiger partial charge in [-0.15, -0.1) is 0 Å². The third-order valence-electron chi connectivity index (χ3n) is 13.0. The molecule has 0 saturated carbocycles. The zero-order valence-electron chi connectivity index (χ0n) is 42.3. The molecule has 3 heterocycles. The minimum absolute atomic E-state index is 0.0417. The van der Waals surface area contributed by atoms with E-state index < -0.39 is 103 Å². The van der Waals surface area contributed by atoms with Gasteiger partial charge in [-0.3, -0.25) is 4.79 Å². The van der Waals surface area contributed by atoms with Crippen LogP contribution in [0, 0.1) is 24.7 Å². The number of carbonyl (C=O) groups excluding carboxylic acids is 3. The molecule has 3 aliphatic rings. The van der Waals surface area contributed by atoms with Crippen molar-refractivity contribution in [2.45, 2.75) is 195 Å². The Morgan fingerprint density at radius 2 is 1.59 bits per heavy atom. The van der Waals surface area contributed by atoms with Gasteiger partial charge in [0.1, 0.15) is 41.3 Å². The molecule has 2 fully saturated rings. The van der Waals surface area contributed by atoms with Crippen LogP contribution in [0.1, 0.15) is 130 Å². The van der Waals surface area contributed by atoms with Crippen molar-refractivity contribution >= 4 is 17.9 Å². The topological polar surface area (TPSA) is 217 Å². The molecule has 380 valence electrons. The van der Waals surface area contributed by atoms with Crippen LogP contribution in [0.4, 0.5) is 0 Å². The fourth-order valence-corrected chi connectivity index (χ4v) is 8.64. The van der Waals surface area contributed by atoms with Gasteiger partial charge in [-0.05, 0) is 109 Å². The normalized spacial score (nSPS) is 35.7. The summed E-state index contributed by atoms with van der Waals surface area (Å²) in [5.74, 6) is -3.61. The maximum atomic E-state index is 13.9. The number of phenols is 1. The predicted octanol–water partition coefficient (Wildman–Crippen LogP) is 7.18. The molecule has 15 nitrogen and oxygen atoms in total. The third kappa shape index (κ3) is 14.4. The summed E-state index contributed by atoms with van der Waals surface area (Å²) < 4.78 is 42.5. The molecule has 0 radical (unpaired) electrons. The monoisotopic (exact) mass is 955 g/mol. The van der Waals surface area contributed by atoms with Crippen molar-refractivity contribution in [3.05, 3.63) is 87.6 Å². The fraction of sp³-hybridized carbons (Fsp3) is 0.642. The highest BCUT2D eigenvalue weighted by Gasteiger charge is 2.53. The van der Waals surface area contributed by atoms with Gasteiger partial charge < -0.3 is 58.7 Å². The number of aromatic hydroxyl groups is 1. The number of phenolic OH excluding ortho intramolecular Hbond substituents is 1. The van der Waals surface area contributed by atoms with Crippen LogP contribution >= 0.6 is 0 Å². The number of rotatable bonds is 12. The molecule has 3 aliphatic heterocycles. The Labute approximate surface area is 402 Å². The van der Waals surface area contributed by atoms with Crippen LogP contribution in [0.3, 0.4) is 0 Å². The number of cyclic esters (lactones) is 1. The summed E-state index contributed by atoms with van der Waals surface area (Å²) in [6.45, 7) is 23.0. The predicted molar refractivity (Wildman–Crippen MR) is 255 cm³/mol. The first-order valence-corrected chi connectivity index (χ1v) is 24.1. The summed E-state index contributed by atoms with van der Waals surface area (Å²) in [4.78, 5) is 39.7. The maximum Gasteiger partial charge on any atom is 0.342 e. The molecule has 5 N–H and O–H groups in total. The molecular weight excluding hydrogens is 877 g/mol. The number of carbonyl (C=O) groups is 3. The Morgan fingerprint density at radius 1 is 0.897 bits per heavy atom. The number of aliphatic hydroxyl groups is 4. The minimum Gasteiger partial charge on any atom is -0.507 e. The highest BCUT2D eigenvalue weighted by atomic mass is 16.7. The first kappa shape index (κ1) is 56.4. The molecule has 4 rings (SSSR count). The van der Waals surface area contributed by atoms with E-state index in [2.05, 4.69) is 0 Å². The van der Waals surface area contributed by atoms with Gasteiger partial charge in [0.15, 0.2) is 24.8 Å². The molecule has 1 aromatic carbocycles. The van der Waals surface area contributed by atoms with Gasteiger partial charge in [-0.25, -0.2) is 9.59 Å². The van der Waals surface area contributed by atoms with E-state index in [1.807, 2.05) is 66.7 Å². The second kappa shape index (κ2) is 25.1. The van der Waals surface area contributed by atoms with Crippen molar-refractivity contribution in [3.63, 3.8) is 0 Å². The Morgan fingerprint density at radius 3 is 2.22 bits per heavy atom. The molecule has 0 aromatic heterocycles. The minimum atomic E-state index is -1.56. The molecule has 13 unspecified atom stereocenters. The van der Waals surface area contributed by atoms with Gasteiger partial charge in [0, 0.05) is 18.3 Å². The van der Waals surface area contributed by atoms with E-state index in [1.165, 1.54) is 6.07 Å². The van der Waals surface area contributed by atoms with E-state index in [4.69, 9.17) is 33.2 Å². The van der Waals surface area contributed by atoms with Crippen molar-refractivity contribution in [2.24, 2.45) is 17.8 Å². The SMILES string of the molecule is CCc1cc(C)cc(O)c1C(=O)OC1C(C)OC(OC/C2=C\C=C\CC(O)/C(C)=C/C(CC)C(OC3OC(C)(C)C(OC(=O)C(C)C)C(O)C3O)/C(C)=C/C(C)=C/CC(CC)OC2=O)C(C)C1O. The number of hydrogen-bond donors (Lipinski definition) is 5. The van der Waals surface area contributed by atoms with Crippen molar-refractivity contribution in [3.8, 4) is 5.75 Å². The molecule has 1 aromatic rings. The van der Waals surface area contributed by atoms with Crippen molar-refractivity contribution in [2.75, 3.05) is 6.61 Å². The number of aryl methyl sites for hydroxylation is 2. The summed E-state index contributed by atoms with van der Waals surface area (Å²) >= 11 is 0. The second-order valence-electron chi connectivity index (χ2n) is 19.4. The molecule has 0 spiro atoms. The Balaban J connectivity index is 1.56. The summed E-state index contributed by atoms with van der Waals surface area (Å²) in [6.07, 6.45) is 1.17. The molecule has 13 atom stereocenters. The Bertz CT molecular complexity index is 2050. The van der Waals surface area contributed by atoms with E-state index in [-0.39, 0.29) is 35.8 Å². The molecule has 15 heteroatoms. The largest absolute Gasteiger partial charge is 0.507 e. The van der Waals surface area contributed by atoms with E-state index in [9.17, 15) is 39.9 Å². The molecule has 0 amide bonds. The number of hydrogen-bond acceptors (Lipinski definition) is 15. The van der Waals surface area contributed by atoms with Gasteiger partial charge >= 0.3 is 17.9 Å². The highest BCUT2D eigenvalue weighted by Crippen LogP contribution is 2.37. The van der Waals surface area contributed by atoms with Crippen molar-refractivity contribution in [1.29, 1.82) is 0 Å². The van der Waals surface area contributed by atoms with Crippen LogP contribution in [0.15, 0.2) is 70.9 Å². The number of ether oxygens (including phenoxy) is 7. The average molecular weight is 955 g/mol. The van der Waals surface area contributed by atoms with E-state index in [1.54, 1.807) is 65.8 Å². The summed E-state index contributed by atoms with van der Waals surface area (Å²) in [6, 6.07) is 3.29. The van der Waals surface area contributed by atoms with E-state index >= 15 is 0 Å². The molecule has 0 bridgehead atoms. The quantitative estimate of drug-likeness (QED) is 0.0797. The molecule has 68 heavy (non-hydrogen) atoms. The number of benzene rings is 1. The second-order valence-corrected chi connectivity index (χ2v) is 19.4.